The van der Waals surface area contributed by atoms with E-state index in [2.05, 4.69) is 10.3 Å². The number of aryl methyl sites for hydroxylation is 1. The molecule has 0 aliphatic heterocycles. The summed E-state index contributed by atoms with van der Waals surface area (Å²) in [6.07, 6.45) is 1.53. The summed E-state index contributed by atoms with van der Waals surface area (Å²) in [5.41, 5.74) is 1.49. The second-order valence-corrected chi connectivity index (χ2v) is 3.11. The van der Waals surface area contributed by atoms with E-state index in [0.29, 0.717) is 5.69 Å². The molecular weight excluding hydrogens is 180 g/mol. The molecule has 0 saturated carbocycles. The van der Waals surface area contributed by atoms with Crippen LogP contribution in [0.1, 0.15) is 19.0 Å². The number of ketones is 1. The van der Waals surface area contributed by atoms with E-state index in [1.54, 1.807) is 18.3 Å². The highest BCUT2D eigenvalue weighted by Gasteiger charge is 2.04. The zero-order chi connectivity index (χ0) is 10.6. The van der Waals surface area contributed by atoms with Gasteiger partial charge in [0.2, 0.25) is 5.91 Å². The number of carbonyl (C=O) groups excluding carboxylic acids is 2. The monoisotopic (exact) mass is 192 g/mol. The smallest absolute Gasteiger partial charge is 0.231 e. The van der Waals surface area contributed by atoms with E-state index in [1.807, 2.05) is 6.92 Å². The summed E-state index contributed by atoms with van der Waals surface area (Å²) >= 11 is 0. The molecule has 0 spiro atoms. The molecule has 0 saturated heterocycles. The molecule has 74 valence electrons. The summed E-state index contributed by atoms with van der Waals surface area (Å²) in [6, 6.07) is 3.43. The van der Waals surface area contributed by atoms with Gasteiger partial charge in [0, 0.05) is 17.6 Å². The predicted octanol–water partition coefficient (Wildman–Crippen LogP) is 1.31. The predicted molar refractivity (Wildman–Crippen MR) is 52.9 cm³/mol. The molecule has 0 aliphatic rings. The number of nitrogens with one attached hydrogen (secondary N) is 1. The molecule has 4 heteroatoms. The van der Waals surface area contributed by atoms with Crippen LogP contribution >= 0.6 is 0 Å². The van der Waals surface area contributed by atoms with E-state index in [-0.39, 0.29) is 18.1 Å². The molecule has 0 unspecified atom stereocenters. The molecule has 1 heterocycles. The van der Waals surface area contributed by atoms with Crippen molar-refractivity contribution in [3.63, 3.8) is 0 Å². The van der Waals surface area contributed by atoms with Crippen LogP contribution in [0.15, 0.2) is 18.3 Å². The first kappa shape index (κ1) is 10.4. The molecule has 1 N–H and O–H groups in total. The van der Waals surface area contributed by atoms with E-state index in [4.69, 9.17) is 0 Å². The van der Waals surface area contributed by atoms with Gasteiger partial charge in [0.1, 0.15) is 5.78 Å². The van der Waals surface area contributed by atoms with Crippen LogP contribution in [0.3, 0.4) is 0 Å². The number of hydrogen-bond donors (Lipinski definition) is 1. The second-order valence-electron chi connectivity index (χ2n) is 3.11. The molecule has 0 aliphatic carbocycles. The first-order valence-corrected chi connectivity index (χ1v) is 4.30. The molecule has 1 amide bonds. The van der Waals surface area contributed by atoms with E-state index in [9.17, 15) is 9.59 Å². The largest absolute Gasteiger partial charge is 0.326 e. The Morgan fingerprint density at radius 2 is 2.21 bits per heavy atom. The topological polar surface area (TPSA) is 59.1 Å². The maximum atomic E-state index is 11.2. The number of nitrogens with zero attached hydrogens (tertiary/aromatic N) is 1. The highest BCUT2D eigenvalue weighted by atomic mass is 16.2. The third-order valence-corrected chi connectivity index (χ3v) is 1.59. The molecule has 14 heavy (non-hydrogen) atoms. The van der Waals surface area contributed by atoms with Crippen LogP contribution in [0.4, 0.5) is 5.69 Å². The van der Waals surface area contributed by atoms with Crippen LogP contribution in [0, 0.1) is 6.92 Å². The molecule has 1 aromatic rings. The fourth-order valence-electron chi connectivity index (χ4n) is 1.05. The minimum atomic E-state index is -0.289. The average Bonchev–Trinajstić information content (AvgIpc) is 2.01. The van der Waals surface area contributed by atoms with Gasteiger partial charge in [0.05, 0.1) is 6.42 Å². The Labute approximate surface area is 82.3 Å². The van der Waals surface area contributed by atoms with E-state index in [1.165, 1.54) is 6.92 Å². The number of hydrogen-bond acceptors (Lipinski definition) is 3. The Balaban J connectivity index is 2.60. The van der Waals surface area contributed by atoms with E-state index >= 15 is 0 Å². The Morgan fingerprint density at radius 1 is 1.50 bits per heavy atom. The molecule has 0 atom stereocenters. The van der Waals surface area contributed by atoms with Crippen molar-refractivity contribution < 1.29 is 9.59 Å². The Morgan fingerprint density at radius 3 is 2.79 bits per heavy atom. The SMILES string of the molecule is CC(=O)CC(=O)Nc1ccnc(C)c1. The lowest BCUT2D eigenvalue weighted by atomic mass is 10.3. The minimum absolute atomic E-state index is 0.0820. The van der Waals surface area contributed by atoms with Crippen molar-refractivity contribution in [3.8, 4) is 0 Å². The van der Waals surface area contributed by atoms with Crippen molar-refractivity contribution in [1.82, 2.24) is 4.98 Å². The van der Waals surface area contributed by atoms with Gasteiger partial charge in [-0.15, -0.1) is 0 Å². The normalized spacial score (nSPS) is 9.57. The summed E-state index contributed by atoms with van der Waals surface area (Å²) in [6.45, 7) is 3.22. The standard InChI is InChI=1S/C10H12N2O2/c1-7-5-9(3-4-11-7)12-10(14)6-8(2)13/h3-5H,6H2,1-2H3,(H,11,12,14). The number of rotatable bonds is 3. The molecule has 1 aromatic heterocycles. The van der Waals surface area contributed by atoms with Gasteiger partial charge >= 0.3 is 0 Å². The number of pyridine rings is 1. The van der Waals surface area contributed by atoms with Crippen LogP contribution < -0.4 is 5.32 Å². The molecule has 0 aromatic carbocycles. The zero-order valence-corrected chi connectivity index (χ0v) is 8.20. The van der Waals surface area contributed by atoms with Crippen LogP contribution in [0.5, 0.6) is 0 Å². The summed E-state index contributed by atoms with van der Waals surface area (Å²) in [5.74, 6) is -0.434. The molecule has 1 rings (SSSR count). The van der Waals surface area contributed by atoms with Crippen molar-refractivity contribution >= 4 is 17.4 Å². The Bertz CT molecular complexity index is 361. The zero-order valence-electron chi connectivity index (χ0n) is 8.20. The van der Waals surface area contributed by atoms with Gasteiger partial charge < -0.3 is 5.32 Å². The summed E-state index contributed by atoms with van der Waals surface area (Å²) in [7, 11) is 0. The lowest BCUT2D eigenvalue weighted by molar-refractivity contribution is -0.124. The van der Waals surface area contributed by atoms with Crippen LogP contribution in [0.2, 0.25) is 0 Å². The summed E-state index contributed by atoms with van der Waals surface area (Å²) in [5, 5.41) is 2.61. The number of Topliss-reactive ketones (excluding diaryl/α,β-unsaturated/α-hetero) is 1. The van der Waals surface area contributed by atoms with Crippen molar-refractivity contribution in [2.45, 2.75) is 20.3 Å². The summed E-state index contributed by atoms with van der Waals surface area (Å²) < 4.78 is 0. The maximum Gasteiger partial charge on any atom is 0.231 e. The number of aromatic nitrogens is 1. The number of carbonyl (C=O) groups is 2. The first-order valence-electron chi connectivity index (χ1n) is 4.30. The number of amides is 1. The van der Waals surface area contributed by atoms with Gasteiger partial charge in [0.25, 0.3) is 0 Å². The third-order valence-electron chi connectivity index (χ3n) is 1.59. The third kappa shape index (κ3) is 3.35. The lowest BCUT2D eigenvalue weighted by Gasteiger charge is -2.03. The minimum Gasteiger partial charge on any atom is -0.326 e. The Kier molecular flexibility index (Phi) is 3.34. The quantitative estimate of drug-likeness (QED) is 0.734. The van der Waals surface area contributed by atoms with Crippen molar-refractivity contribution in [3.05, 3.63) is 24.0 Å². The van der Waals surface area contributed by atoms with E-state index < -0.39 is 0 Å². The van der Waals surface area contributed by atoms with Gasteiger partial charge in [-0.3, -0.25) is 14.6 Å². The average molecular weight is 192 g/mol. The molecule has 0 bridgehead atoms. The number of anilines is 1. The Hall–Kier alpha value is -1.71. The molecule has 4 nitrogen and oxygen atoms in total. The molecule has 0 radical (unpaired) electrons. The van der Waals surface area contributed by atoms with Gasteiger partial charge in [-0.1, -0.05) is 0 Å². The van der Waals surface area contributed by atoms with Gasteiger partial charge in [-0.2, -0.15) is 0 Å². The van der Waals surface area contributed by atoms with Crippen molar-refractivity contribution in [1.29, 1.82) is 0 Å². The van der Waals surface area contributed by atoms with Crippen LogP contribution in [-0.4, -0.2) is 16.7 Å². The van der Waals surface area contributed by atoms with Crippen molar-refractivity contribution in [2.75, 3.05) is 5.32 Å². The van der Waals surface area contributed by atoms with Gasteiger partial charge in [-0.05, 0) is 26.0 Å². The van der Waals surface area contributed by atoms with Crippen molar-refractivity contribution in [2.24, 2.45) is 0 Å². The summed E-state index contributed by atoms with van der Waals surface area (Å²) in [4.78, 5) is 25.8. The van der Waals surface area contributed by atoms with Gasteiger partial charge in [-0.25, -0.2) is 0 Å². The first-order chi connectivity index (χ1) is 6.58. The molecular formula is C10H12N2O2. The molecule has 0 fully saturated rings. The van der Waals surface area contributed by atoms with E-state index in [0.717, 1.165) is 5.69 Å². The van der Waals surface area contributed by atoms with Gasteiger partial charge in [0.15, 0.2) is 0 Å². The maximum absolute atomic E-state index is 11.2. The lowest BCUT2D eigenvalue weighted by Crippen LogP contribution is -2.14. The fourth-order valence-corrected chi connectivity index (χ4v) is 1.05. The highest BCUT2D eigenvalue weighted by molar-refractivity contribution is 6.03. The highest BCUT2D eigenvalue weighted by Crippen LogP contribution is 2.07. The second kappa shape index (κ2) is 4.50. The van der Waals surface area contributed by atoms with Crippen LogP contribution in [-0.2, 0) is 9.59 Å². The fraction of sp³-hybridized carbons (Fsp3) is 0.300. The van der Waals surface area contributed by atoms with Crippen LogP contribution in [0.25, 0.3) is 0 Å².